The van der Waals surface area contributed by atoms with Crippen molar-refractivity contribution in [2.45, 2.75) is 0 Å². The Labute approximate surface area is 134 Å². The molecule has 5 nitrogen and oxygen atoms in total. The molecule has 2 heterocycles. The Hall–Kier alpha value is -2.27. The van der Waals surface area contributed by atoms with E-state index in [-0.39, 0.29) is 5.91 Å². The third-order valence-corrected chi connectivity index (χ3v) is 4.02. The molecule has 0 saturated carbocycles. The smallest absolute Gasteiger partial charge is 0.256 e. The molecule has 1 aliphatic heterocycles. The van der Waals surface area contributed by atoms with Gasteiger partial charge in [0.2, 0.25) is 0 Å². The van der Waals surface area contributed by atoms with Gasteiger partial charge in [0.25, 0.3) is 5.91 Å². The van der Waals surface area contributed by atoms with Crippen LogP contribution in [-0.4, -0.2) is 42.0 Å². The summed E-state index contributed by atoms with van der Waals surface area (Å²) in [5, 5.41) is 0.622. The number of hydrogen-bond donors (Lipinski definition) is 1. The molecule has 0 bridgehead atoms. The SMILES string of the molecule is Nc1ccccc1C(=O)N1CCN(c2ccc(Cl)cn2)CC1. The molecule has 0 unspecified atom stereocenters. The van der Waals surface area contributed by atoms with Crippen molar-refractivity contribution in [3.8, 4) is 0 Å². The minimum Gasteiger partial charge on any atom is -0.398 e. The lowest BCUT2D eigenvalue weighted by Gasteiger charge is -2.35. The summed E-state index contributed by atoms with van der Waals surface area (Å²) in [6.07, 6.45) is 1.64. The van der Waals surface area contributed by atoms with Crippen molar-refractivity contribution >= 4 is 29.0 Å². The zero-order valence-electron chi connectivity index (χ0n) is 12.1. The zero-order valence-corrected chi connectivity index (χ0v) is 12.8. The standard InChI is InChI=1S/C16H17ClN4O/c17-12-5-6-15(19-11-12)20-7-9-21(10-8-20)16(22)13-3-1-2-4-14(13)18/h1-6,11H,7-10,18H2. The van der Waals surface area contributed by atoms with E-state index in [0.717, 1.165) is 18.9 Å². The van der Waals surface area contributed by atoms with E-state index >= 15 is 0 Å². The van der Waals surface area contributed by atoms with Gasteiger partial charge < -0.3 is 15.5 Å². The van der Waals surface area contributed by atoms with Crippen LogP contribution in [0.4, 0.5) is 11.5 Å². The van der Waals surface area contributed by atoms with E-state index in [4.69, 9.17) is 17.3 Å². The molecule has 1 fully saturated rings. The monoisotopic (exact) mass is 316 g/mol. The highest BCUT2D eigenvalue weighted by Gasteiger charge is 2.23. The fourth-order valence-electron chi connectivity index (χ4n) is 2.56. The number of piperazine rings is 1. The number of pyridine rings is 1. The Morgan fingerprint density at radius 3 is 2.45 bits per heavy atom. The molecule has 1 aliphatic rings. The summed E-state index contributed by atoms with van der Waals surface area (Å²) in [5.41, 5.74) is 6.97. The molecule has 1 aromatic heterocycles. The number of carbonyl (C=O) groups is 1. The summed E-state index contributed by atoms with van der Waals surface area (Å²) in [5.74, 6) is 0.873. The van der Waals surface area contributed by atoms with Crippen LogP contribution in [0.3, 0.4) is 0 Å². The minimum atomic E-state index is -0.0122. The number of amides is 1. The Morgan fingerprint density at radius 1 is 1.09 bits per heavy atom. The van der Waals surface area contributed by atoms with Gasteiger partial charge in [-0.15, -0.1) is 0 Å². The first kappa shape index (κ1) is 14.7. The number of rotatable bonds is 2. The maximum Gasteiger partial charge on any atom is 0.256 e. The van der Waals surface area contributed by atoms with Gasteiger partial charge in [0.15, 0.2) is 0 Å². The van der Waals surface area contributed by atoms with Crippen LogP contribution < -0.4 is 10.6 Å². The molecule has 1 aromatic carbocycles. The third kappa shape index (κ3) is 2.99. The van der Waals surface area contributed by atoms with Crippen molar-refractivity contribution < 1.29 is 4.79 Å². The number of nitrogen functional groups attached to an aromatic ring is 1. The van der Waals surface area contributed by atoms with Crippen LogP contribution in [0, 0.1) is 0 Å². The summed E-state index contributed by atoms with van der Waals surface area (Å²) < 4.78 is 0. The second-order valence-electron chi connectivity index (χ2n) is 5.20. The van der Waals surface area contributed by atoms with Gasteiger partial charge in [-0.05, 0) is 24.3 Å². The predicted octanol–water partition coefficient (Wildman–Crippen LogP) is 2.28. The Balaban J connectivity index is 1.65. The molecule has 2 aromatic rings. The molecule has 0 atom stereocenters. The molecule has 6 heteroatoms. The molecule has 114 valence electrons. The molecule has 3 rings (SSSR count). The number of nitrogens with two attached hydrogens (primary N) is 1. The van der Waals surface area contributed by atoms with Crippen LogP contribution in [0.25, 0.3) is 0 Å². The first-order chi connectivity index (χ1) is 10.6. The number of hydrogen-bond acceptors (Lipinski definition) is 4. The molecule has 0 spiro atoms. The lowest BCUT2D eigenvalue weighted by atomic mass is 10.1. The van der Waals surface area contributed by atoms with Crippen molar-refractivity contribution in [3.63, 3.8) is 0 Å². The number of benzene rings is 1. The van der Waals surface area contributed by atoms with Crippen LogP contribution in [0.2, 0.25) is 5.02 Å². The Morgan fingerprint density at radius 2 is 1.82 bits per heavy atom. The van der Waals surface area contributed by atoms with Gasteiger partial charge in [0.1, 0.15) is 5.82 Å². The second-order valence-corrected chi connectivity index (χ2v) is 5.64. The first-order valence-corrected chi connectivity index (χ1v) is 7.53. The van der Waals surface area contributed by atoms with Crippen molar-refractivity contribution in [2.75, 3.05) is 36.8 Å². The van der Waals surface area contributed by atoms with Gasteiger partial charge in [-0.1, -0.05) is 23.7 Å². The van der Waals surface area contributed by atoms with Crippen molar-refractivity contribution in [1.82, 2.24) is 9.88 Å². The van der Waals surface area contributed by atoms with E-state index in [1.165, 1.54) is 0 Å². The van der Waals surface area contributed by atoms with Crippen LogP contribution in [0.5, 0.6) is 0 Å². The van der Waals surface area contributed by atoms with E-state index in [2.05, 4.69) is 9.88 Å². The summed E-state index contributed by atoms with van der Waals surface area (Å²) in [6, 6.07) is 10.9. The highest BCUT2D eigenvalue weighted by molar-refractivity contribution is 6.30. The largest absolute Gasteiger partial charge is 0.398 e. The van der Waals surface area contributed by atoms with Crippen LogP contribution in [0.1, 0.15) is 10.4 Å². The maximum absolute atomic E-state index is 12.5. The topological polar surface area (TPSA) is 62.5 Å². The van der Waals surface area contributed by atoms with Crippen LogP contribution in [0.15, 0.2) is 42.6 Å². The van der Waals surface area contributed by atoms with Gasteiger partial charge in [-0.25, -0.2) is 4.98 Å². The fourth-order valence-corrected chi connectivity index (χ4v) is 2.67. The van der Waals surface area contributed by atoms with Crippen molar-refractivity contribution in [1.29, 1.82) is 0 Å². The predicted molar refractivity (Wildman–Crippen MR) is 88.2 cm³/mol. The summed E-state index contributed by atoms with van der Waals surface area (Å²) in [4.78, 5) is 20.8. The highest BCUT2D eigenvalue weighted by Crippen LogP contribution is 2.18. The number of para-hydroxylation sites is 1. The third-order valence-electron chi connectivity index (χ3n) is 3.79. The first-order valence-electron chi connectivity index (χ1n) is 7.15. The van der Waals surface area contributed by atoms with E-state index in [1.807, 2.05) is 29.2 Å². The van der Waals surface area contributed by atoms with Gasteiger partial charge in [0, 0.05) is 38.1 Å². The van der Waals surface area contributed by atoms with Gasteiger partial charge >= 0.3 is 0 Å². The van der Waals surface area contributed by atoms with Gasteiger partial charge in [-0.2, -0.15) is 0 Å². The minimum absolute atomic E-state index is 0.0122. The highest BCUT2D eigenvalue weighted by atomic mass is 35.5. The summed E-state index contributed by atoms with van der Waals surface area (Å²) >= 11 is 5.85. The average Bonchev–Trinajstić information content (AvgIpc) is 2.56. The fraction of sp³-hybridized carbons (Fsp3) is 0.250. The van der Waals surface area contributed by atoms with E-state index in [0.29, 0.717) is 29.4 Å². The lowest BCUT2D eigenvalue weighted by Crippen LogP contribution is -2.49. The number of carbonyl (C=O) groups excluding carboxylic acids is 1. The number of anilines is 2. The average molecular weight is 317 g/mol. The maximum atomic E-state index is 12.5. The Kier molecular flexibility index (Phi) is 4.15. The molecule has 0 radical (unpaired) electrons. The molecular formula is C16H17ClN4O. The molecular weight excluding hydrogens is 300 g/mol. The molecule has 2 N–H and O–H groups in total. The molecule has 22 heavy (non-hydrogen) atoms. The van der Waals surface area contributed by atoms with Crippen molar-refractivity contribution in [3.05, 3.63) is 53.2 Å². The number of aromatic nitrogens is 1. The molecule has 0 aliphatic carbocycles. The molecule has 1 amide bonds. The number of nitrogens with zero attached hydrogens (tertiary/aromatic N) is 3. The lowest BCUT2D eigenvalue weighted by molar-refractivity contribution is 0.0747. The quantitative estimate of drug-likeness (QED) is 0.863. The van der Waals surface area contributed by atoms with Crippen LogP contribution >= 0.6 is 11.6 Å². The van der Waals surface area contributed by atoms with Gasteiger partial charge in [-0.3, -0.25) is 4.79 Å². The second kappa shape index (κ2) is 6.23. The Bertz CT molecular complexity index is 666. The molecule has 1 saturated heterocycles. The summed E-state index contributed by atoms with van der Waals surface area (Å²) in [7, 11) is 0. The zero-order chi connectivity index (χ0) is 15.5. The normalized spacial score (nSPS) is 15.0. The van der Waals surface area contributed by atoms with Crippen LogP contribution in [-0.2, 0) is 0 Å². The van der Waals surface area contributed by atoms with Crippen molar-refractivity contribution in [2.24, 2.45) is 0 Å². The van der Waals surface area contributed by atoms with E-state index in [1.54, 1.807) is 18.3 Å². The summed E-state index contributed by atoms with van der Waals surface area (Å²) in [6.45, 7) is 2.79. The van der Waals surface area contributed by atoms with Gasteiger partial charge in [0.05, 0.1) is 10.6 Å². The van der Waals surface area contributed by atoms with E-state index in [9.17, 15) is 4.79 Å². The number of halogens is 1. The van der Waals surface area contributed by atoms with E-state index < -0.39 is 0 Å².